The molecule has 1 unspecified atom stereocenters. The van der Waals surface area contributed by atoms with Crippen molar-refractivity contribution < 1.29 is 27.5 Å². The molecule has 0 aliphatic carbocycles. The molecule has 176 valence electrons. The van der Waals surface area contributed by atoms with Crippen LogP contribution in [0.2, 0.25) is 0 Å². The summed E-state index contributed by atoms with van der Waals surface area (Å²) in [6, 6.07) is 11.3. The number of sulfonamides is 1. The highest BCUT2D eigenvalue weighted by Crippen LogP contribution is 2.35. The zero-order chi connectivity index (χ0) is 23.6. The molecule has 2 amide bonds. The number of ether oxygens (including phenoxy) is 2. The van der Waals surface area contributed by atoms with E-state index in [1.54, 1.807) is 19.2 Å². The van der Waals surface area contributed by atoms with Gasteiger partial charge in [-0.15, -0.1) is 0 Å². The van der Waals surface area contributed by atoms with E-state index in [-0.39, 0.29) is 29.7 Å². The lowest BCUT2D eigenvalue weighted by atomic mass is 10.1. The minimum absolute atomic E-state index is 0.157. The number of morpholine rings is 1. The third kappa shape index (κ3) is 4.73. The molecule has 2 aromatic carbocycles. The van der Waals surface area contributed by atoms with Gasteiger partial charge < -0.3 is 14.8 Å². The number of amides is 2. The average Bonchev–Trinajstić information content (AvgIpc) is 3.22. The van der Waals surface area contributed by atoms with Crippen molar-refractivity contribution in [2.45, 2.75) is 30.8 Å². The van der Waals surface area contributed by atoms with Crippen molar-refractivity contribution in [1.29, 1.82) is 0 Å². The molecule has 33 heavy (non-hydrogen) atoms. The Morgan fingerprint density at radius 3 is 2.61 bits per heavy atom. The van der Waals surface area contributed by atoms with E-state index < -0.39 is 16.1 Å². The van der Waals surface area contributed by atoms with Crippen molar-refractivity contribution >= 4 is 27.5 Å². The number of anilines is 1. The highest BCUT2D eigenvalue weighted by molar-refractivity contribution is 7.89. The van der Waals surface area contributed by atoms with Gasteiger partial charge in [-0.1, -0.05) is 12.1 Å². The SMILES string of the molecule is COc1cccc(CNC(=O)C2Cc3cc(S(=O)(=O)N4CCOCC4)ccc3N2C(C)=O)c1. The van der Waals surface area contributed by atoms with Crippen LogP contribution >= 0.6 is 0 Å². The molecule has 1 saturated heterocycles. The molecule has 2 aliphatic rings. The average molecular weight is 474 g/mol. The van der Waals surface area contributed by atoms with Crippen molar-refractivity contribution in [3.63, 3.8) is 0 Å². The Balaban J connectivity index is 1.53. The number of methoxy groups -OCH3 is 1. The Morgan fingerprint density at radius 1 is 1.15 bits per heavy atom. The summed E-state index contributed by atoms with van der Waals surface area (Å²) in [7, 11) is -2.10. The van der Waals surface area contributed by atoms with Crippen LogP contribution < -0.4 is 15.0 Å². The van der Waals surface area contributed by atoms with E-state index in [9.17, 15) is 18.0 Å². The minimum Gasteiger partial charge on any atom is -0.497 e. The van der Waals surface area contributed by atoms with Crippen LogP contribution in [0.15, 0.2) is 47.4 Å². The summed E-state index contributed by atoms with van der Waals surface area (Å²) in [5.41, 5.74) is 2.08. The quantitative estimate of drug-likeness (QED) is 0.678. The maximum absolute atomic E-state index is 13.0. The fourth-order valence-corrected chi connectivity index (χ4v) is 5.67. The number of rotatable bonds is 6. The minimum atomic E-state index is -3.67. The fraction of sp³-hybridized carbons (Fsp3) is 0.391. The standard InChI is InChI=1S/C23H27N3O6S/c1-16(27)26-21-7-6-20(33(29,30)25-8-10-32-11-9-25)13-18(21)14-22(26)23(28)24-15-17-4-3-5-19(12-17)31-2/h3-7,12-13,22H,8-11,14-15H2,1-2H3,(H,24,28). The van der Waals surface area contributed by atoms with Crippen LogP contribution in [-0.4, -0.2) is 64.0 Å². The monoisotopic (exact) mass is 473 g/mol. The summed E-state index contributed by atoms with van der Waals surface area (Å²) in [5.74, 6) is 0.107. The summed E-state index contributed by atoms with van der Waals surface area (Å²) < 4.78 is 37.9. The summed E-state index contributed by atoms with van der Waals surface area (Å²) >= 11 is 0. The first-order valence-corrected chi connectivity index (χ1v) is 12.2. The van der Waals surface area contributed by atoms with Gasteiger partial charge in [-0.3, -0.25) is 14.5 Å². The van der Waals surface area contributed by atoms with Crippen LogP contribution in [0.25, 0.3) is 0 Å². The van der Waals surface area contributed by atoms with Crippen molar-refractivity contribution in [2.75, 3.05) is 38.3 Å². The number of carbonyl (C=O) groups is 2. The summed E-state index contributed by atoms with van der Waals surface area (Å²) in [4.78, 5) is 27.0. The second kappa shape index (κ2) is 9.50. The molecule has 1 atom stereocenters. The van der Waals surface area contributed by atoms with Gasteiger partial charge in [0.15, 0.2) is 0 Å². The molecule has 0 saturated carbocycles. The van der Waals surface area contributed by atoms with E-state index in [0.717, 1.165) is 5.56 Å². The molecular weight excluding hydrogens is 446 g/mol. The number of hydrogen-bond acceptors (Lipinski definition) is 6. The Morgan fingerprint density at radius 2 is 1.91 bits per heavy atom. The molecule has 4 rings (SSSR count). The normalized spacial score (nSPS) is 18.6. The molecule has 2 aromatic rings. The molecule has 9 nitrogen and oxygen atoms in total. The lowest BCUT2D eigenvalue weighted by Crippen LogP contribution is -2.47. The maximum atomic E-state index is 13.0. The first kappa shape index (κ1) is 23.2. The molecule has 0 aromatic heterocycles. The van der Waals surface area contributed by atoms with Crippen LogP contribution in [0, 0.1) is 0 Å². The summed E-state index contributed by atoms with van der Waals surface area (Å²) in [6.07, 6.45) is 0.241. The third-order valence-electron chi connectivity index (χ3n) is 5.89. The molecule has 10 heteroatoms. The lowest BCUT2D eigenvalue weighted by molar-refractivity contribution is -0.125. The molecule has 1 fully saturated rings. The smallest absolute Gasteiger partial charge is 0.243 e. The van der Waals surface area contributed by atoms with Crippen LogP contribution in [-0.2, 0) is 37.3 Å². The summed E-state index contributed by atoms with van der Waals surface area (Å²) in [6.45, 7) is 3.00. The van der Waals surface area contributed by atoms with Gasteiger partial charge in [-0.2, -0.15) is 4.31 Å². The van der Waals surface area contributed by atoms with Crippen LogP contribution in [0.4, 0.5) is 5.69 Å². The van der Waals surface area contributed by atoms with Crippen LogP contribution in [0.3, 0.4) is 0 Å². The number of hydrogen-bond donors (Lipinski definition) is 1. The van der Waals surface area contributed by atoms with Crippen LogP contribution in [0.1, 0.15) is 18.1 Å². The maximum Gasteiger partial charge on any atom is 0.243 e. The zero-order valence-corrected chi connectivity index (χ0v) is 19.4. The van der Waals surface area contributed by atoms with Gasteiger partial charge in [-0.05, 0) is 41.5 Å². The van der Waals surface area contributed by atoms with Crippen molar-refractivity contribution in [3.05, 3.63) is 53.6 Å². The number of nitrogens with one attached hydrogen (secondary N) is 1. The van der Waals surface area contributed by atoms with E-state index in [2.05, 4.69) is 5.32 Å². The Kier molecular flexibility index (Phi) is 6.68. The summed E-state index contributed by atoms with van der Waals surface area (Å²) in [5, 5.41) is 2.88. The van der Waals surface area contributed by atoms with E-state index in [4.69, 9.17) is 9.47 Å². The Hall–Kier alpha value is -2.95. The van der Waals surface area contributed by atoms with Crippen molar-refractivity contribution in [3.8, 4) is 5.75 Å². The van der Waals surface area contributed by atoms with Gasteiger partial charge in [0.1, 0.15) is 11.8 Å². The molecule has 0 spiro atoms. The fourth-order valence-electron chi connectivity index (χ4n) is 4.21. The molecule has 1 N–H and O–H groups in total. The predicted octanol–water partition coefficient (Wildman–Crippen LogP) is 1.31. The lowest BCUT2D eigenvalue weighted by Gasteiger charge is -2.26. The van der Waals surface area contributed by atoms with E-state index in [1.807, 2.05) is 24.3 Å². The van der Waals surface area contributed by atoms with Gasteiger partial charge in [0.25, 0.3) is 0 Å². The second-order valence-corrected chi connectivity index (χ2v) is 9.92. The van der Waals surface area contributed by atoms with Crippen molar-refractivity contribution in [1.82, 2.24) is 9.62 Å². The number of fused-ring (bicyclic) bond motifs is 1. The largest absolute Gasteiger partial charge is 0.497 e. The van der Waals surface area contributed by atoms with Gasteiger partial charge in [0.05, 0.1) is 25.2 Å². The van der Waals surface area contributed by atoms with Gasteiger partial charge in [-0.25, -0.2) is 8.42 Å². The first-order valence-electron chi connectivity index (χ1n) is 10.7. The number of benzene rings is 2. The Bertz CT molecular complexity index is 1160. The molecule has 2 aliphatic heterocycles. The molecule has 0 bridgehead atoms. The van der Waals surface area contributed by atoms with Gasteiger partial charge in [0.2, 0.25) is 21.8 Å². The zero-order valence-electron chi connectivity index (χ0n) is 18.6. The highest BCUT2D eigenvalue weighted by Gasteiger charge is 2.38. The Labute approximate surface area is 193 Å². The number of carbonyl (C=O) groups excluding carboxylic acids is 2. The second-order valence-electron chi connectivity index (χ2n) is 7.99. The van der Waals surface area contributed by atoms with E-state index in [1.165, 1.54) is 22.2 Å². The van der Waals surface area contributed by atoms with E-state index in [0.29, 0.717) is 43.3 Å². The van der Waals surface area contributed by atoms with Gasteiger partial charge >= 0.3 is 0 Å². The van der Waals surface area contributed by atoms with Crippen LogP contribution in [0.5, 0.6) is 5.75 Å². The molecule has 0 radical (unpaired) electrons. The van der Waals surface area contributed by atoms with Gasteiger partial charge in [0, 0.05) is 38.7 Å². The molecule has 2 heterocycles. The topological polar surface area (TPSA) is 105 Å². The number of nitrogens with zero attached hydrogens (tertiary/aromatic N) is 2. The predicted molar refractivity (Wildman–Crippen MR) is 122 cm³/mol. The first-order chi connectivity index (χ1) is 15.8. The molecular formula is C23H27N3O6S. The third-order valence-corrected chi connectivity index (χ3v) is 7.78. The van der Waals surface area contributed by atoms with Crippen molar-refractivity contribution in [2.24, 2.45) is 0 Å². The van der Waals surface area contributed by atoms with E-state index >= 15 is 0 Å². The highest BCUT2D eigenvalue weighted by atomic mass is 32.2.